The number of rotatable bonds is 8. The van der Waals surface area contributed by atoms with Gasteiger partial charge in [0, 0.05) is 5.56 Å². The minimum atomic E-state index is -1.28. The molecule has 0 fully saturated rings. The molecule has 6 nitrogen and oxygen atoms in total. The molecule has 1 N–H and O–H groups in total. The molecule has 128 valence electrons. The van der Waals surface area contributed by atoms with Crippen molar-refractivity contribution in [1.29, 1.82) is 5.26 Å². The van der Waals surface area contributed by atoms with Gasteiger partial charge in [-0.25, -0.2) is 4.79 Å². The lowest BCUT2D eigenvalue weighted by Gasteiger charge is -2.11. The molecule has 0 amide bonds. The summed E-state index contributed by atoms with van der Waals surface area (Å²) < 4.78 is 16.3. The third-order valence-corrected chi connectivity index (χ3v) is 3.24. The summed E-state index contributed by atoms with van der Waals surface area (Å²) in [6.07, 6.45) is 1.28. The first-order valence-electron chi connectivity index (χ1n) is 7.48. The van der Waals surface area contributed by atoms with Gasteiger partial charge in [0.2, 0.25) is 0 Å². The highest BCUT2D eigenvalue weighted by atomic mass is 16.5. The number of ether oxygens (including phenoxy) is 3. The Kier molecular flexibility index (Phi) is 6.43. The standard InChI is InChI=1S/C19H17NO5/c1-23-16-6-8-17(9-7-16)24-10-11-25-18-5-3-2-4-14(18)12-15(13-20)19(21)22/h2-9,12H,10-11H2,1H3,(H,21,22). The van der Waals surface area contributed by atoms with Crippen LogP contribution in [-0.2, 0) is 4.79 Å². The minimum absolute atomic E-state index is 0.270. The lowest BCUT2D eigenvalue weighted by Crippen LogP contribution is -2.09. The fraction of sp³-hybridized carbons (Fsp3) is 0.158. The fourth-order valence-electron chi connectivity index (χ4n) is 2.01. The monoisotopic (exact) mass is 339 g/mol. The van der Waals surface area contributed by atoms with Crippen LogP contribution in [0.1, 0.15) is 5.56 Å². The maximum Gasteiger partial charge on any atom is 0.346 e. The molecule has 2 aromatic carbocycles. The third kappa shape index (κ3) is 5.29. The van der Waals surface area contributed by atoms with Gasteiger partial charge in [-0.3, -0.25) is 0 Å². The van der Waals surface area contributed by atoms with Crippen molar-refractivity contribution in [2.75, 3.05) is 20.3 Å². The second-order valence-corrected chi connectivity index (χ2v) is 4.89. The summed E-state index contributed by atoms with van der Waals surface area (Å²) in [6.45, 7) is 0.584. The Hall–Kier alpha value is -3.46. The van der Waals surface area contributed by atoms with Crippen molar-refractivity contribution in [3.63, 3.8) is 0 Å². The zero-order valence-corrected chi connectivity index (χ0v) is 13.6. The molecular weight excluding hydrogens is 322 g/mol. The summed E-state index contributed by atoms with van der Waals surface area (Å²) in [5.41, 5.74) is 0.163. The second kappa shape index (κ2) is 8.99. The Balaban J connectivity index is 1.95. The van der Waals surface area contributed by atoms with Crippen LogP contribution >= 0.6 is 0 Å². The van der Waals surface area contributed by atoms with Gasteiger partial charge in [0.05, 0.1) is 7.11 Å². The SMILES string of the molecule is COc1ccc(OCCOc2ccccc2C=C(C#N)C(=O)O)cc1. The highest BCUT2D eigenvalue weighted by molar-refractivity contribution is 5.96. The molecule has 0 radical (unpaired) electrons. The van der Waals surface area contributed by atoms with E-state index in [1.165, 1.54) is 6.08 Å². The first-order valence-corrected chi connectivity index (χ1v) is 7.48. The molecule has 0 saturated carbocycles. The molecule has 0 unspecified atom stereocenters. The maximum absolute atomic E-state index is 10.9. The molecule has 0 aliphatic rings. The van der Waals surface area contributed by atoms with E-state index in [9.17, 15) is 4.79 Å². The number of nitrogens with zero attached hydrogens (tertiary/aromatic N) is 1. The van der Waals surface area contributed by atoms with E-state index in [2.05, 4.69) is 0 Å². The van der Waals surface area contributed by atoms with E-state index in [0.29, 0.717) is 23.7 Å². The largest absolute Gasteiger partial charge is 0.497 e. The van der Waals surface area contributed by atoms with Gasteiger partial charge in [-0.05, 0) is 36.4 Å². The van der Waals surface area contributed by atoms with Crippen molar-refractivity contribution < 1.29 is 24.1 Å². The molecule has 25 heavy (non-hydrogen) atoms. The predicted molar refractivity (Wildman–Crippen MR) is 91.7 cm³/mol. The molecule has 2 rings (SSSR count). The average molecular weight is 339 g/mol. The van der Waals surface area contributed by atoms with Crippen LogP contribution in [0.4, 0.5) is 0 Å². The van der Waals surface area contributed by atoms with Crippen molar-refractivity contribution in [2.45, 2.75) is 0 Å². The van der Waals surface area contributed by atoms with Gasteiger partial charge in [0.25, 0.3) is 0 Å². The summed E-state index contributed by atoms with van der Waals surface area (Å²) in [5.74, 6) is 0.640. The van der Waals surface area contributed by atoms with Gasteiger partial charge >= 0.3 is 5.97 Å². The average Bonchev–Trinajstić information content (AvgIpc) is 2.64. The predicted octanol–water partition coefficient (Wildman–Crippen LogP) is 3.14. The number of aliphatic carboxylic acids is 1. The number of hydrogen-bond donors (Lipinski definition) is 1. The Morgan fingerprint density at radius 1 is 1.08 bits per heavy atom. The summed E-state index contributed by atoms with van der Waals surface area (Å²) in [4.78, 5) is 10.9. The Labute approximate surface area is 145 Å². The number of hydrogen-bond acceptors (Lipinski definition) is 5. The molecule has 0 aliphatic heterocycles. The molecule has 0 atom stereocenters. The van der Waals surface area contributed by atoms with Crippen LogP contribution in [-0.4, -0.2) is 31.4 Å². The van der Waals surface area contributed by atoms with Crippen LogP contribution in [0.15, 0.2) is 54.1 Å². The van der Waals surface area contributed by atoms with E-state index in [1.807, 2.05) is 0 Å². The smallest absolute Gasteiger partial charge is 0.346 e. The number of para-hydroxylation sites is 1. The second-order valence-electron chi connectivity index (χ2n) is 4.89. The molecule has 0 saturated heterocycles. The van der Waals surface area contributed by atoms with Gasteiger partial charge in [-0.15, -0.1) is 0 Å². The quantitative estimate of drug-likeness (QED) is 0.451. The number of carboxylic acid groups (broad SMARTS) is 1. The number of benzene rings is 2. The van der Waals surface area contributed by atoms with Crippen LogP contribution in [0.5, 0.6) is 17.2 Å². The van der Waals surface area contributed by atoms with E-state index in [0.717, 1.165) is 5.75 Å². The lowest BCUT2D eigenvalue weighted by molar-refractivity contribution is -0.132. The molecule has 6 heteroatoms. The normalized spacial score (nSPS) is 10.6. The van der Waals surface area contributed by atoms with Crippen LogP contribution in [0.2, 0.25) is 0 Å². The van der Waals surface area contributed by atoms with Gasteiger partial charge in [-0.1, -0.05) is 18.2 Å². The number of methoxy groups -OCH3 is 1. The zero-order chi connectivity index (χ0) is 18.1. The van der Waals surface area contributed by atoms with Crippen molar-refractivity contribution in [2.24, 2.45) is 0 Å². The summed E-state index contributed by atoms with van der Waals surface area (Å²) >= 11 is 0. The molecule has 0 bridgehead atoms. The summed E-state index contributed by atoms with van der Waals surface area (Å²) in [5, 5.41) is 17.8. The van der Waals surface area contributed by atoms with E-state index >= 15 is 0 Å². The molecule has 0 aromatic heterocycles. The first-order chi connectivity index (χ1) is 12.1. The first kappa shape index (κ1) is 17.9. The fourth-order valence-corrected chi connectivity index (χ4v) is 2.01. The highest BCUT2D eigenvalue weighted by Crippen LogP contribution is 2.21. The maximum atomic E-state index is 10.9. The molecule has 2 aromatic rings. The minimum Gasteiger partial charge on any atom is -0.497 e. The highest BCUT2D eigenvalue weighted by Gasteiger charge is 2.08. The summed E-state index contributed by atoms with van der Waals surface area (Å²) in [6, 6.07) is 15.7. The van der Waals surface area contributed by atoms with Crippen molar-refractivity contribution in [1.82, 2.24) is 0 Å². The van der Waals surface area contributed by atoms with E-state index in [1.54, 1.807) is 61.7 Å². The number of carboxylic acids is 1. The van der Waals surface area contributed by atoms with Crippen LogP contribution < -0.4 is 14.2 Å². The van der Waals surface area contributed by atoms with Crippen molar-refractivity contribution >= 4 is 12.0 Å². The topological polar surface area (TPSA) is 88.8 Å². The Morgan fingerprint density at radius 2 is 1.72 bits per heavy atom. The van der Waals surface area contributed by atoms with Crippen LogP contribution in [0.25, 0.3) is 6.08 Å². The van der Waals surface area contributed by atoms with Gasteiger partial charge < -0.3 is 19.3 Å². The van der Waals surface area contributed by atoms with Crippen LogP contribution in [0, 0.1) is 11.3 Å². The Morgan fingerprint density at radius 3 is 2.36 bits per heavy atom. The third-order valence-electron chi connectivity index (χ3n) is 3.24. The van der Waals surface area contributed by atoms with Gasteiger partial charge in [0.15, 0.2) is 0 Å². The van der Waals surface area contributed by atoms with Crippen molar-refractivity contribution in [3.8, 4) is 23.3 Å². The van der Waals surface area contributed by atoms with E-state index < -0.39 is 5.97 Å². The number of nitriles is 1. The lowest BCUT2D eigenvalue weighted by atomic mass is 10.1. The molecule has 0 heterocycles. The van der Waals surface area contributed by atoms with Gasteiger partial charge in [-0.2, -0.15) is 5.26 Å². The molecular formula is C19H17NO5. The zero-order valence-electron chi connectivity index (χ0n) is 13.6. The Bertz CT molecular complexity index is 790. The molecule has 0 aliphatic carbocycles. The molecule has 0 spiro atoms. The van der Waals surface area contributed by atoms with Crippen LogP contribution in [0.3, 0.4) is 0 Å². The van der Waals surface area contributed by atoms with E-state index in [4.69, 9.17) is 24.6 Å². The van der Waals surface area contributed by atoms with E-state index in [-0.39, 0.29) is 12.2 Å². The van der Waals surface area contributed by atoms with Gasteiger partial charge in [0.1, 0.15) is 42.1 Å². The number of carbonyl (C=O) groups is 1. The summed E-state index contributed by atoms with van der Waals surface area (Å²) in [7, 11) is 1.59. The van der Waals surface area contributed by atoms with Crippen molar-refractivity contribution in [3.05, 3.63) is 59.7 Å².